The Kier molecular flexibility index (Phi) is 5.10. The van der Waals surface area contributed by atoms with Crippen molar-refractivity contribution in [1.82, 2.24) is 0 Å². The van der Waals surface area contributed by atoms with Crippen LogP contribution in [0.1, 0.15) is 25.5 Å². The summed E-state index contributed by atoms with van der Waals surface area (Å²) in [5.41, 5.74) is 2.62. The second-order valence-electron chi connectivity index (χ2n) is 4.79. The highest BCUT2D eigenvalue weighted by molar-refractivity contribution is 6.34. The lowest BCUT2D eigenvalue weighted by molar-refractivity contribution is -0.114. The second kappa shape index (κ2) is 6.83. The summed E-state index contributed by atoms with van der Waals surface area (Å²) in [5.74, 6) is -0.146. The lowest BCUT2D eigenvalue weighted by Crippen LogP contribution is -2.08. The van der Waals surface area contributed by atoms with Gasteiger partial charge in [-0.1, -0.05) is 35.3 Å². The maximum atomic E-state index is 11.0. The number of carbonyl (C=O) groups is 1. The molecule has 0 aliphatic rings. The predicted octanol–water partition coefficient (Wildman–Crippen LogP) is 5.12. The van der Waals surface area contributed by atoms with Gasteiger partial charge < -0.3 is 10.6 Å². The maximum Gasteiger partial charge on any atom is 0.221 e. The summed E-state index contributed by atoms with van der Waals surface area (Å²) in [4.78, 5) is 11.0. The molecule has 0 radical (unpaired) electrons. The van der Waals surface area contributed by atoms with Gasteiger partial charge in [-0.25, -0.2) is 0 Å². The summed E-state index contributed by atoms with van der Waals surface area (Å²) in [6.07, 6.45) is 0. The fourth-order valence-electron chi connectivity index (χ4n) is 1.98. The van der Waals surface area contributed by atoms with Gasteiger partial charge in [-0.2, -0.15) is 0 Å². The Morgan fingerprint density at radius 3 is 2.33 bits per heavy atom. The van der Waals surface area contributed by atoms with Crippen LogP contribution in [0.3, 0.4) is 0 Å². The third-order valence-electron chi connectivity index (χ3n) is 3.03. The Morgan fingerprint density at radius 1 is 1.10 bits per heavy atom. The van der Waals surface area contributed by atoms with Crippen molar-refractivity contribution in [3.8, 4) is 0 Å². The standard InChI is InChI=1S/C16H16Cl2N2O/c1-10(12-3-5-13(17)6-4-12)19-14-7-8-16(15(18)9-14)20-11(2)21/h3-10,19H,1-2H3,(H,20,21). The van der Waals surface area contributed by atoms with Crippen LogP contribution in [0.25, 0.3) is 0 Å². The smallest absolute Gasteiger partial charge is 0.221 e. The van der Waals surface area contributed by atoms with Crippen molar-refractivity contribution in [3.63, 3.8) is 0 Å². The zero-order valence-electron chi connectivity index (χ0n) is 11.8. The number of halogens is 2. The first kappa shape index (κ1) is 15.7. The van der Waals surface area contributed by atoms with Crippen molar-refractivity contribution in [3.05, 3.63) is 58.1 Å². The SMILES string of the molecule is CC(=O)Nc1ccc(NC(C)c2ccc(Cl)cc2)cc1Cl. The molecule has 0 saturated carbocycles. The quantitative estimate of drug-likeness (QED) is 0.819. The molecule has 0 aromatic heterocycles. The normalized spacial score (nSPS) is 11.8. The first-order valence-electron chi connectivity index (χ1n) is 6.55. The molecule has 0 aliphatic heterocycles. The summed E-state index contributed by atoms with van der Waals surface area (Å²) in [5, 5.41) is 7.25. The number of anilines is 2. The van der Waals surface area contributed by atoms with Crippen LogP contribution < -0.4 is 10.6 Å². The Morgan fingerprint density at radius 2 is 1.76 bits per heavy atom. The molecular weight excluding hydrogens is 307 g/mol. The summed E-state index contributed by atoms with van der Waals surface area (Å²) >= 11 is 12.0. The molecule has 0 bridgehead atoms. The monoisotopic (exact) mass is 322 g/mol. The molecule has 2 aromatic carbocycles. The van der Waals surface area contributed by atoms with Crippen LogP contribution in [-0.2, 0) is 4.79 Å². The molecule has 0 aliphatic carbocycles. The van der Waals surface area contributed by atoms with Crippen LogP contribution in [0.5, 0.6) is 0 Å². The van der Waals surface area contributed by atoms with Crippen LogP contribution in [-0.4, -0.2) is 5.91 Å². The summed E-state index contributed by atoms with van der Waals surface area (Å²) in [6, 6.07) is 13.2. The molecule has 5 heteroatoms. The van der Waals surface area contributed by atoms with Crippen LogP contribution in [0.2, 0.25) is 10.0 Å². The minimum atomic E-state index is -0.146. The molecular formula is C16H16Cl2N2O. The van der Waals surface area contributed by atoms with Gasteiger partial charge in [0.2, 0.25) is 5.91 Å². The average molecular weight is 323 g/mol. The Balaban J connectivity index is 2.10. The van der Waals surface area contributed by atoms with Gasteiger partial charge in [0, 0.05) is 23.7 Å². The van der Waals surface area contributed by atoms with Gasteiger partial charge in [0.15, 0.2) is 0 Å². The average Bonchev–Trinajstić information content (AvgIpc) is 2.42. The first-order valence-corrected chi connectivity index (χ1v) is 7.30. The lowest BCUT2D eigenvalue weighted by atomic mass is 10.1. The highest BCUT2D eigenvalue weighted by atomic mass is 35.5. The molecule has 1 unspecified atom stereocenters. The van der Waals surface area contributed by atoms with E-state index in [0.717, 1.165) is 11.3 Å². The third kappa shape index (κ3) is 4.38. The van der Waals surface area contributed by atoms with Crippen LogP contribution in [0, 0.1) is 0 Å². The van der Waals surface area contributed by atoms with Crippen LogP contribution >= 0.6 is 23.2 Å². The molecule has 21 heavy (non-hydrogen) atoms. The van der Waals surface area contributed by atoms with E-state index >= 15 is 0 Å². The Bertz CT molecular complexity index is 641. The summed E-state index contributed by atoms with van der Waals surface area (Å²) in [7, 11) is 0. The maximum absolute atomic E-state index is 11.0. The van der Waals surface area contributed by atoms with Gasteiger partial charge in [-0.15, -0.1) is 0 Å². The zero-order valence-corrected chi connectivity index (χ0v) is 13.3. The molecule has 1 amide bonds. The van der Waals surface area contributed by atoms with Gasteiger partial charge in [0.1, 0.15) is 0 Å². The van der Waals surface area contributed by atoms with Gasteiger partial charge >= 0.3 is 0 Å². The van der Waals surface area contributed by atoms with Crippen molar-refractivity contribution in [2.24, 2.45) is 0 Å². The van der Waals surface area contributed by atoms with E-state index in [2.05, 4.69) is 17.6 Å². The molecule has 0 spiro atoms. The fraction of sp³-hybridized carbons (Fsp3) is 0.188. The number of carbonyl (C=O) groups excluding carboxylic acids is 1. The molecule has 0 fully saturated rings. The number of benzene rings is 2. The van der Waals surface area contributed by atoms with E-state index in [1.165, 1.54) is 6.92 Å². The number of amides is 1. The fourth-order valence-corrected chi connectivity index (χ4v) is 2.33. The topological polar surface area (TPSA) is 41.1 Å². The van der Waals surface area contributed by atoms with Crippen molar-refractivity contribution in [2.45, 2.75) is 19.9 Å². The number of hydrogen-bond donors (Lipinski definition) is 2. The molecule has 110 valence electrons. The number of rotatable bonds is 4. The molecule has 1 atom stereocenters. The van der Waals surface area contributed by atoms with E-state index in [4.69, 9.17) is 23.2 Å². The van der Waals surface area contributed by atoms with E-state index in [1.807, 2.05) is 30.3 Å². The summed E-state index contributed by atoms with van der Waals surface area (Å²) in [6.45, 7) is 3.50. The largest absolute Gasteiger partial charge is 0.378 e. The molecule has 3 nitrogen and oxygen atoms in total. The number of hydrogen-bond acceptors (Lipinski definition) is 2. The summed E-state index contributed by atoms with van der Waals surface area (Å²) < 4.78 is 0. The van der Waals surface area contributed by atoms with E-state index in [-0.39, 0.29) is 11.9 Å². The molecule has 2 rings (SSSR count). The van der Waals surface area contributed by atoms with E-state index < -0.39 is 0 Å². The Labute approximate surface area is 134 Å². The van der Waals surface area contributed by atoms with Crippen molar-refractivity contribution in [1.29, 1.82) is 0 Å². The van der Waals surface area contributed by atoms with Crippen molar-refractivity contribution in [2.75, 3.05) is 10.6 Å². The highest BCUT2D eigenvalue weighted by Crippen LogP contribution is 2.28. The van der Waals surface area contributed by atoms with E-state index in [9.17, 15) is 4.79 Å². The van der Waals surface area contributed by atoms with Gasteiger partial charge in [-0.3, -0.25) is 4.79 Å². The minimum absolute atomic E-state index is 0.116. The molecule has 0 saturated heterocycles. The third-order valence-corrected chi connectivity index (χ3v) is 3.60. The van der Waals surface area contributed by atoms with Gasteiger partial charge in [0.25, 0.3) is 0 Å². The predicted molar refractivity (Wildman–Crippen MR) is 89.2 cm³/mol. The number of nitrogens with one attached hydrogen (secondary N) is 2. The minimum Gasteiger partial charge on any atom is -0.378 e. The highest BCUT2D eigenvalue weighted by Gasteiger charge is 2.08. The van der Waals surface area contributed by atoms with Gasteiger partial charge in [0.05, 0.1) is 10.7 Å². The second-order valence-corrected chi connectivity index (χ2v) is 5.64. The molecule has 2 N–H and O–H groups in total. The van der Waals surface area contributed by atoms with Crippen LogP contribution in [0.15, 0.2) is 42.5 Å². The Hall–Kier alpha value is -1.71. The first-order chi connectivity index (χ1) is 9.95. The van der Waals surface area contributed by atoms with Gasteiger partial charge in [-0.05, 0) is 42.8 Å². The lowest BCUT2D eigenvalue weighted by Gasteiger charge is -2.17. The van der Waals surface area contributed by atoms with Crippen molar-refractivity contribution >= 4 is 40.5 Å². The zero-order chi connectivity index (χ0) is 15.4. The van der Waals surface area contributed by atoms with Crippen LogP contribution in [0.4, 0.5) is 11.4 Å². The molecule has 2 aromatic rings. The van der Waals surface area contributed by atoms with E-state index in [1.54, 1.807) is 12.1 Å². The van der Waals surface area contributed by atoms with E-state index in [0.29, 0.717) is 15.7 Å². The molecule has 0 heterocycles. The van der Waals surface area contributed by atoms with Crippen molar-refractivity contribution < 1.29 is 4.79 Å².